The Hall–Kier alpha value is -2.40. The molecule has 0 unspecified atom stereocenters. The first kappa shape index (κ1) is 18.9. The lowest BCUT2D eigenvalue weighted by molar-refractivity contribution is -0.143. The minimum Gasteiger partial charge on any atom is -0.347 e. The number of carbonyl (C=O) groups is 1. The number of rotatable bonds is 7. The molecule has 3 heterocycles. The van der Waals surface area contributed by atoms with E-state index in [0.29, 0.717) is 18.6 Å². The second kappa shape index (κ2) is 7.92. The highest BCUT2D eigenvalue weighted by molar-refractivity contribution is 5.84. The molecule has 2 aromatic rings. The number of imidazole rings is 1. The number of aromatic amines is 1. The van der Waals surface area contributed by atoms with Gasteiger partial charge in [-0.2, -0.15) is 0 Å². The maximum absolute atomic E-state index is 13.5. The molecule has 3 atom stereocenters. The molecular weight excluding hydrogens is 348 g/mol. The zero-order valence-electron chi connectivity index (χ0n) is 16.8. The molecule has 2 fully saturated rings. The Morgan fingerprint density at radius 1 is 1.36 bits per heavy atom. The number of aromatic nitrogens is 2. The van der Waals surface area contributed by atoms with Crippen molar-refractivity contribution in [2.45, 2.75) is 51.2 Å². The fraction of sp³-hybridized carbons (Fsp3) is 0.478. The van der Waals surface area contributed by atoms with E-state index >= 15 is 0 Å². The van der Waals surface area contributed by atoms with E-state index in [1.807, 2.05) is 24.2 Å². The molecule has 2 bridgehead atoms. The Kier molecular flexibility index (Phi) is 5.36. The summed E-state index contributed by atoms with van der Waals surface area (Å²) in [5, 5.41) is 0. The van der Waals surface area contributed by atoms with Crippen molar-refractivity contribution in [2.75, 3.05) is 13.6 Å². The lowest BCUT2D eigenvalue weighted by atomic mass is 9.71. The highest BCUT2D eigenvalue weighted by atomic mass is 16.2. The van der Waals surface area contributed by atoms with Crippen molar-refractivity contribution >= 4 is 12.0 Å². The van der Waals surface area contributed by atoms with Crippen molar-refractivity contribution < 1.29 is 4.79 Å². The topological polar surface area (TPSA) is 52.2 Å². The van der Waals surface area contributed by atoms with Crippen LogP contribution in [-0.2, 0) is 11.3 Å². The number of carbonyl (C=O) groups excluding carboxylic acids is 1. The molecule has 4 rings (SSSR count). The van der Waals surface area contributed by atoms with Crippen LogP contribution in [0.25, 0.3) is 6.08 Å². The van der Waals surface area contributed by atoms with Gasteiger partial charge in [-0.3, -0.25) is 9.69 Å². The van der Waals surface area contributed by atoms with Crippen molar-refractivity contribution in [1.29, 1.82) is 0 Å². The number of fused-ring (bicyclic) bond motifs is 2. The molecule has 1 N–H and O–H groups in total. The van der Waals surface area contributed by atoms with Gasteiger partial charge in [0.1, 0.15) is 5.82 Å². The molecule has 5 heteroatoms. The largest absolute Gasteiger partial charge is 0.347 e. The zero-order chi connectivity index (χ0) is 19.6. The molecule has 5 nitrogen and oxygen atoms in total. The third-order valence-electron chi connectivity index (χ3n) is 6.65. The van der Waals surface area contributed by atoms with Gasteiger partial charge >= 0.3 is 0 Å². The van der Waals surface area contributed by atoms with E-state index in [-0.39, 0.29) is 11.3 Å². The van der Waals surface area contributed by atoms with Crippen molar-refractivity contribution in [3.05, 3.63) is 60.2 Å². The minimum atomic E-state index is -0.259. The highest BCUT2D eigenvalue weighted by Gasteiger charge is 2.58. The van der Waals surface area contributed by atoms with Crippen LogP contribution in [0.3, 0.4) is 0 Å². The predicted molar refractivity (Wildman–Crippen MR) is 111 cm³/mol. The molecule has 2 saturated heterocycles. The number of amides is 1. The summed E-state index contributed by atoms with van der Waals surface area (Å²) in [5.41, 5.74) is 0.968. The third-order valence-corrected chi connectivity index (χ3v) is 6.65. The number of hydrogen-bond donors (Lipinski definition) is 1. The van der Waals surface area contributed by atoms with Gasteiger partial charge in [0.15, 0.2) is 0 Å². The molecule has 0 radical (unpaired) electrons. The molecular formula is C23H30N4O. The standard InChI is InChI=1S/C23H30N4O/c1-3-23(22(28)26(2)17-21-24-13-14-25-21)16-19-11-12-20(23)27(19)15-7-10-18-8-5-4-6-9-18/h4-10,13-14,19-20H,3,11-12,15-17H2,1-2H3,(H,24,25)/t19-,20+,23+/m0/s1. The summed E-state index contributed by atoms with van der Waals surface area (Å²) in [6.07, 6.45) is 12.2. The summed E-state index contributed by atoms with van der Waals surface area (Å²) in [6, 6.07) is 11.3. The quantitative estimate of drug-likeness (QED) is 0.799. The summed E-state index contributed by atoms with van der Waals surface area (Å²) in [5.74, 6) is 1.11. The predicted octanol–water partition coefficient (Wildman–Crippen LogP) is 3.71. The van der Waals surface area contributed by atoms with Crippen LogP contribution in [0.4, 0.5) is 0 Å². The van der Waals surface area contributed by atoms with Crippen molar-refractivity contribution in [1.82, 2.24) is 19.8 Å². The van der Waals surface area contributed by atoms with Gasteiger partial charge in [0, 0.05) is 38.1 Å². The average molecular weight is 379 g/mol. The average Bonchev–Trinajstić information content (AvgIpc) is 3.44. The number of benzene rings is 1. The van der Waals surface area contributed by atoms with Crippen LogP contribution in [-0.4, -0.2) is 51.4 Å². The summed E-state index contributed by atoms with van der Waals surface area (Å²) in [7, 11) is 1.91. The Balaban J connectivity index is 1.46. The first-order valence-electron chi connectivity index (χ1n) is 10.3. The molecule has 0 spiro atoms. The Labute approximate surface area is 167 Å². The normalized spacial score (nSPS) is 26.9. The molecule has 2 aliphatic heterocycles. The smallest absolute Gasteiger partial charge is 0.230 e. The molecule has 1 aromatic heterocycles. The third kappa shape index (κ3) is 3.39. The van der Waals surface area contributed by atoms with E-state index in [9.17, 15) is 4.79 Å². The van der Waals surface area contributed by atoms with Crippen molar-refractivity contribution in [2.24, 2.45) is 5.41 Å². The fourth-order valence-corrected chi connectivity index (χ4v) is 5.28. The molecule has 28 heavy (non-hydrogen) atoms. The molecule has 1 aromatic carbocycles. The van der Waals surface area contributed by atoms with Gasteiger partial charge in [-0.05, 0) is 31.2 Å². The van der Waals surface area contributed by atoms with Crippen LogP contribution in [0, 0.1) is 5.41 Å². The number of nitrogens with one attached hydrogen (secondary N) is 1. The molecule has 0 saturated carbocycles. The second-order valence-electron chi connectivity index (χ2n) is 8.17. The van der Waals surface area contributed by atoms with E-state index < -0.39 is 0 Å². The zero-order valence-corrected chi connectivity index (χ0v) is 16.8. The molecule has 2 aliphatic rings. The van der Waals surface area contributed by atoms with Crippen LogP contribution in [0.5, 0.6) is 0 Å². The lowest BCUT2D eigenvalue weighted by Gasteiger charge is -2.38. The van der Waals surface area contributed by atoms with E-state index in [4.69, 9.17) is 0 Å². The van der Waals surface area contributed by atoms with Crippen molar-refractivity contribution in [3.63, 3.8) is 0 Å². The fourth-order valence-electron chi connectivity index (χ4n) is 5.28. The number of nitrogens with zero attached hydrogens (tertiary/aromatic N) is 3. The second-order valence-corrected chi connectivity index (χ2v) is 8.17. The molecule has 148 valence electrons. The van der Waals surface area contributed by atoms with Gasteiger partial charge in [0.2, 0.25) is 5.91 Å². The number of H-pyrrole nitrogens is 1. The first-order valence-corrected chi connectivity index (χ1v) is 10.3. The Bertz CT molecular complexity index is 816. The van der Waals surface area contributed by atoms with Crippen LogP contribution in [0.1, 0.15) is 44.0 Å². The van der Waals surface area contributed by atoms with Gasteiger partial charge in [0.25, 0.3) is 0 Å². The maximum atomic E-state index is 13.5. The summed E-state index contributed by atoms with van der Waals surface area (Å²) >= 11 is 0. The van der Waals surface area contributed by atoms with Crippen LogP contribution >= 0.6 is 0 Å². The van der Waals surface area contributed by atoms with Gasteiger partial charge in [0.05, 0.1) is 12.0 Å². The molecule has 0 aliphatic carbocycles. The van der Waals surface area contributed by atoms with E-state index in [0.717, 1.165) is 31.6 Å². The summed E-state index contributed by atoms with van der Waals surface area (Å²) in [6.45, 7) is 3.64. The van der Waals surface area contributed by atoms with Crippen LogP contribution in [0.2, 0.25) is 0 Å². The molecule has 1 amide bonds. The van der Waals surface area contributed by atoms with Gasteiger partial charge < -0.3 is 9.88 Å². The lowest BCUT2D eigenvalue weighted by Crippen LogP contribution is -2.49. The first-order chi connectivity index (χ1) is 13.6. The summed E-state index contributed by atoms with van der Waals surface area (Å²) in [4.78, 5) is 25.3. The van der Waals surface area contributed by atoms with Gasteiger partial charge in [-0.15, -0.1) is 0 Å². The van der Waals surface area contributed by atoms with E-state index in [1.54, 1.807) is 6.20 Å². The van der Waals surface area contributed by atoms with Crippen LogP contribution in [0.15, 0.2) is 48.8 Å². The minimum absolute atomic E-state index is 0.259. The Morgan fingerprint density at radius 2 is 2.18 bits per heavy atom. The summed E-state index contributed by atoms with van der Waals surface area (Å²) < 4.78 is 0. The van der Waals surface area contributed by atoms with Crippen LogP contribution < -0.4 is 0 Å². The Morgan fingerprint density at radius 3 is 2.89 bits per heavy atom. The monoisotopic (exact) mass is 378 g/mol. The van der Waals surface area contributed by atoms with Gasteiger partial charge in [-0.25, -0.2) is 4.98 Å². The van der Waals surface area contributed by atoms with Crippen molar-refractivity contribution in [3.8, 4) is 0 Å². The number of hydrogen-bond acceptors (Lipinski definition) is 3. The van der Waals surface area contributed by atoms with E-state index in [2.05, 4.69) is 58.2 Å². The SMILES string of the molecule is CC[C@@]1(C(=O)N(C)Cc2ncc[nH]2)C[C@@H]2CC[C@H]1N2CC=Cc1ccccc1. The highest BCUT2D eigenvalue weighted by Crippen LogP contribution is 2.52. The van der Waals surface area contributed by atoms with E-state index in [1.165, 1.54) is 12.0 Å². The van der Waals surface area contributed by atoms with Gasteiger partial charge in [-0.1, -0.05) is 49.4 Å². The maximum Gasteiger partial charge on any atom is 0.230 e.